The van der Waals surface area contributed by atoms with E-state index in [1.165, 1.54) is 11.3 Å². The highest BCUT2D eigenvalue weighted by molar-refractivity contribution is 7.13. The van der Waals surface area contributed by atoms with Crippen LogP contribution in [-0.2, 0) is 11.8 Å². The van der Waals surface area contributed by atoms with Crippen LogP contribution in [0.25, 0.3) is 0 Å². The molecule has 21 heavy (non-hydrogen) atoms. The average Bonchev–Trinajstić information content (AvgIpc) is 3.03. The van der Waals surface area contributed by atoms with Crippen molar-refractivity contribution in [1.82, 2.24) is 20.0 Å². The summed E-state index contributed by atoms with van der Waals surface area (Å²) in [5.74, 6) is 1.13. The molecule has 0 fully saturated rings. The molecule has 6 nitrogen and oxygen atoms in total. The second-order valence-electron chi connectivity index (χ2n) is 5.99. The Balaban J connectivity index is 1.97. The first-order chi connectivity index (χ1) is 9.77. The van der Waals surface area contributed by atoms with Crippen molar-refractivity contribution in [2.24, 2.45) is 0 Å². The second-order valence-corrected chi connectivity index (χ2v) is 7.02. The first-order valence-corrected chi connectivity index (χ1v) is 7.60. The van der Waals surface area contributed by atoms with Gasteiger partial charge in [-0.3, -0.25) is 4.79 Å². The first-order valence-electron chi connectivity index (χ1n) is 6.78. The third kappa shape index (κ3) is 3.87. The number of hydrogen-bond donors (Lipinski definition) is 0. The van der Waals surface area contributed by atoms with Crippen molar-refractivity contribution < 1.29 is 9.32 Å². The molecule has 0 aliphatic heterocycles. The number of likely N-dealkylation sites (N-methyl/N-ethyl adjacent to an activating group) is 1. The van der Waals surface area contributed by atoms with Gasteiger partial charge in [-0.2, -0.15) is 4.98 Å². The maximum Gasteiger partial charge on any atom is 0.265 e. The fraction of sp³-hybridized carbons (Fsp3) is 0.571. The van der Waals surface area contributed by atoms with Crippen LogP contribution in [0.15, 0.2) is 10.7 Å². The molecule has 0 bridgehead atoms. The Labute approximate surface area is 128 Å². The minimum Gasteiger partial charge on any atom is -0.341 e. The predicted molar refractivity (Wildman–Crippen MR) is 80.5 cm³/mol. The maximum atomic E-state index is 12.3. The molecule has 2 heterocycles. The highest BCUT2D eigenvalue weighted by Gasteiger charge is 2.22. The van der Waals surface area contributed by atoms with Gasteiger partial charge in [-0.05, 0) is 0 Å². The highest BCUT2D eigenvalue weighted by Crippen LogP contribution is 2.27. The van der Waals surface area contributed by atoms with Crippen LogP contribution < -0.4 is 0 Å². The lowest BCUT2D eigenvalue weighted by Gasteiger charge is -2.15. The molecule has 0 unspecified atom stereocenters. The molecule has 0 saturated carbocycles. The van der Waals surface area contributed by atoms with E-state index in [0.29, 0.717) is 29.6 Å². The van der Waals surface area contributed by atoms with Crippen molar-refractivity contribution in [2.45, 2.75) is 39.5 Å². The molecule has 2 aromatic rings. The third-order valence-electron chi connectivity index (χ3n) is 2.95. The summed E-state index contributed by atoms with van der Waals surface area (Å²) in [6, 6.07) is 0. The van der Waals surface area contributed by atoms with Crippen LogP contribution in [0.2, 0.25) is 0 Å². The molecule has 2 rings (SSSR count). The Morgan fingerprint density at radius 1 is 1.43 bits per heavy atom. The van der Waals surface area contributed by atoms with Gasteiger partial charge in [0.25, 0.3) is 5.91 Å². The van der Waals surface area contributed by atoms with E-state index in [4.69, 9.17) is 4.52 Å². The van der Waals surface area contributed by atoms with Crippen LogP contribution in [0, 0.1) is 6.92 Å². The summed E-state index contributed by atoms with van der Waals surface area (Å²) in [5.41, 5.74) is -0.0378. The van der Waals surface area contributed by atoms with Gasteiger partial charge >= 0.3 is 0 Å². The molecule has 0 aromatic carbocycles. The fourth-order valence-electron chi connectivity index (χ4n) is 1.72. The lowest BCUT2D eigenvalue weighted by atomic mass is 9.98. The normalized spacial score (nSPS) is 11.7. The number of aryl methyl sites for hydroxylation is 1. The van der Waals surface area contributed by atoms with Crippen molar-refractivity contribution in [3.63, 3.8) is 0 Å². The number of aromatic nitrogens is 3. The lowest BCUT2D eigenvalue weighted by Crippen LogP contribution is -2.28. The van der Waals surface area contributed by atoms with Gasteiger partial charge < -0.3 is 9.42 Å². The summed E-state index contributed by atoms with van der Waals surface area (Å²) < 4.78 is 4.91. The maximum absolute atomic E-state index is 12.3. The molecule has 0 radical (unpaired) electrons. The van der Waals surface area contributed by atoms with Gasteiger partial charge in [-0.25, -0.2) is 4.98 Å². The molecule has 0 aliphatic carbocycles. The third-order valence-corrected chi connectivity index (χ3v) is 4.36. The second kappa shape index (κ2) is 5.93. The van der Waals surface area contributed by atoms with E-state index in [-0.39, 0.29) is 11.3 Å². The van der Waals surface area contributed by atoms with Crippen molar-refractivity contribution >= 4 is 17.2 Å². The summed E-state index contributed by atoms with van der Waals surface area (Å²) in [6.45, 7) is 8.55. The van der Waals surface area contributed by atoms with Gasteiger partial charge in [0.2, 0.25) is 5.89 Å². The van der Waals surface area contributed by atoms with Gasteiger partial charge in [0.15, 0.2) is 5.82 Å². The van der Waals surface area contributed by atoms with E-state index in [2.05, 4.69) is 35.9 Å². The largest absolute Gasteiger partial charge is 0.341 e. The van der Waals surface area contributed by atoms with Crippen LogP contribution in [0.4, 0.5) is 0 Å². The van der Waals surface area contributed by atoms with Gasteiger partial charge in [0.05, 0.1) is 11.2 Å². The molecule has 0 atom stereocenters. The molecule has 0 saturated heterocycles. The van der Waals surface area contributed by atoms with Crippen molar-refractivity contribution in [1.29, 1.82) is 0 Å². The Kier molecular flexibility index (Phi) is 4.41. The lowest BCUT2D eigenvalue weighted by molar-refractivity contribution is 0.0800. The summed E-state index contributed by atoms with van der Waals surface area (Å²) in [4.78, 5) is 23.1. The summed E-state index contributed by atoms with van der Waals surface area (Å²) >= 11 is 1.45. The average molecular weight is 308 g/mol. The number of amides is 1. The summed E-state index contributed by atoms with van der Waals surface area (Å²) in [5, 5.41) is 4.79. The standard InChI is InChI=1S/C14H20N4O2S/c1-9-16-11(17-20-9)6-7-18(5)12(19)10-8-15-13(21-10)14(2,3)4/h8H,6-7H2,1-5H3. The topological polar surface area (TPSA) is 72.1 Å². The number of thiazole rings is 1. The Bertz CT molecular complexity index is 627. The van der Waals surface area contributed by atoms with E-state index in [0.717, 1.165) is 5.01 Å². The van der Waals surface area contributed by atoms with E-state index < -0.39 is 0 Å². The summed E-state index contributed by atoms with van der Waals surface area (Å²) in [7, 11) is 1.77. The van der Waals surface area contributed by atoms with Gasteiger partial charge in [0.1, 0.15) is 4.88 Å². The predicted octanol–water partition coefficient (Wildman–Crippen LogP) is 2.45. The van der Waals surface area contributed by atoms with Crippen molar-refractivity contribution in [3.05, 3.63) is 27.8 Å². The molecule has 1 amide bonds. The minimum atomic E-state index is -0.0378. The number of rotatable bonds is 4. The molecule has 0 aliphatic rings. The zero-order valence-electron chi connectivity index (χ0n) is 13.0. The number of carbonyl (C=O) groups excluding carboxylic acids is 1. The van der Waals surface area contributed by atoms with Crippen LogP contribution in [-0.4, -0.2) is 39.5 Å². The Morgan fingerprint density at radius 2 is 2.14 bits per heavy atom. The van der Waals surface area contributed by atoms with Crippen LogP contribution in [0.1, 0.15) is 47.2 Å². The molecule has 2 aromatic heterocycles. The molecular weight excluding hydrogens is 288 g/mol. The first kappa shape index (κ1) is 15.6. The van der Waals surface area contributed by atoms with Crippen LogP contribution in [0.3, 0.4) is 0 Å². The smallest absolute Gasteiger partial charge is 0.265 e. The number of hydrogen-bond acceptors (Lipinski definition) is 6. The zero-order valence-corrected chi connectivity index (χ0v) is 13.8. The van der Waals surface area contributed by atoms with Crippen LogP contribution in [0.5, 0.6) is 0 Å². The van der Waals surface area contributed by atoms with Gasteiger partial charge in [-0.15, -0.1) is 11.3 Å². The molecule has 0 spiro atoms. The Morgan fingerprint density at radius 3 is 2.67 bits per heavy atom. The van der Waals surface area contributed by atoms with E-state index in [1.54, 1.807) is 25.1 Å². The highest BCUT2D eigenvalue weighted by atomic mass is 32.1. The quantitative estimate of drug-likeness (QED) is 0.867. The van der Waals surface area contributed by atoms with E-state index >= 15 is 0 Å². The minimum absolute atomic E-state index is 0.0248. The van der Waals surface area contributed by atoms with Crippen molar-refractivity contribution in [3.8, 4) is 0 Å². The SMILES string of the molecule is Cc1nc(CCN(C)C(=O)c2cnc(C(C)(C)C)s2)no1. The van der Waals surface area contributed by atoms with Gasteiger partial charge in [-0.1, -0.05) is 25.9 Å². The number of carbonyl (C=O) groups is 1. The van der Waals surface area contributed by atoms with E-state index in [9.17, 15) is 4.79 Å². The summed E-state index contributed by atoms with van der Waals surface area (Å²) in [6.07, 6.45) is 2.23. The molecule has 7 heteroatoms. The van der Waals surface area contributed by atoms with E-state index in [1.807, 2.05) is 0 Å². The Hall–Kier alpha value is -1.76. The molecule has 114 valence electrons. The fourth-order valence-corrected chi connectivity index (χ4v) is 2.69. The van der Waals surface area contributed by atoms with Crippen molar-refractivity contribution in [2.75, 3.05) is 13.6 Å². The molecule has 0 N–H and O–H groups in total. The number of nitrogens with zero attached hydrogens (tertiary/aromatic N) is 4. The molecular formula is C14H20N4O2S. The van der Waals surface area contributed by atoms with Crippen LogP contribution >= 0.6 is 11.3 Å². The monoisotopic (exact) mass is 308 g/mol. The zero-order chi connectivity index (χ0) is 15.6. The van der Waals surface area contributed by atoms with Gasteiger partial charge in [0, 0.05) is 32.4 Å².